The molecule has 2 fully saturated rings. The van der Waals surface area contributed by atoms with Gasteiger partial charge in [0, 0.05) is 0 Å². The molecule has 0 spiro atoms. The second kappa shape index (κ2) is 61.1. The maximum Gasteiger partial charge on any atom is 0.309 e. The summed E-state index contributed by atoms with van der Waals surface area (Å²) in [5.41, 5.74) is 0. The molecule has 3 nitrogen and oxygen atoms in total. The van der Waals surface area contributed by atoms with E-state index in [0.29, 0.717) is 12.8 Å². The Kier molecular flexibility index (Phi) is 57.7. The molecule has 6 unspecified atom stereocenters. The second-order valence-corrected chi connectivity index (χ2v) is 28.6. The first-order valence-corrected chi connectivity index (χ1v) is 39.0. The summed E-state index contributed by atoms with van der Waals surface area (Å²) in [5, 5.41) is 20.6. The van der Waals surface area contributed by atoms with E-state index in [4.69, 9.17) is 0 Å². The molecule has 0 aromatic carbocycles. The number of carboxylic acids is 1. The highest BCUT2D eigenvalue weighted by Crippen LogP contribution is 2.47. The largest absolute Gasteiger partial charge is 0.481 e. The predicted octanol–water partition coefficient (Wildman–Crippen LogP) is 27.5. The van der Waals surface area contributed by atoms with E-state index in [1.807, 2.05) is 0 Å². The number of aliphatic carboxylic acids is 1. The Morgan fingerprint density at radius 3 is 0.605 bits per heavy atom. The normalized spacial score (nSPS) is 17.6. The number of carbonyl (C=O) groups is 1. The van der Waals surface area contributed by atoms with E-state index in [1.165, 1.54) is 379 Å². The van der Waals surface area contributed by atoms with Crippen molar-refractivity contribution in [3.63, 3.8) is 0 Å². The maximum atomic E-state index is 12.0. The maximum absolute atomic E-state index is 12.0. The van der Waals surface area contributed by atoms with Crippen molar-refractivity contribution in [2.45, 2.75) is 463 Å². The Morgan fingerprint density at radius 1 is 0.259 bits per heavy atom. The van der Waals surface area contributed by atoms with Gasteiger partial charge in [-0.15, -0.1) is 0 Å². The van der Waals surface area contributed by atoms with Gasteiger partial charge in [0.15, 0.2) is 0 Å². The number of carboxylic acid groups (broad SMARTS) is 1. The third kappa shape index (κ3) is 53.4. The molecule has 2 aliphatic carbocycles. The molecular formula is C78H152O3. The molecule has 482 valence electrons. The Morgan fingerprint density at radius 2 is 0.420 bits per heavy atom. The highest BCUT2D eigenvalue weighted by Gasteiger charge is 2.36. The first kappa shape index (κ1) is 76.5. The average Bonchev–Trinajstić information content (AvgIpc) is 4.43. The van der Waals surface area contributed by atoms with Crippen LogP contribution in [0.4, 0.5) is 0 Å². The molecule has 0 aliphatic heterocycles. The number of hydrogen-bond donors (Lipinski definition) is 2. The van der Waals surface area contributed by atoms with Gasteiger partial charge in [0.05, 0.1) is 12.0 Å². The number of hydrogen-bond acceptors (Lipinski definition) is 2. The van der Waals surface area contributed by atoms with Crippen molar-refractivity contribution in [3.8, 4) is 0 Å². The van der Waals surface area contributed by atoms with Crippen molar-refractivity contribution >= 4 is 5.97 Å². The number of aliphatic hydroxyl groups excluding tert-OH is 1. The van der Waals surface area contributed by atoms with Crippen LogP contribution in [0, 0.1) is 29.6 Å². The van der Waals surface area contributed by atoms with Crippen molar-refractivity contribution < 1.29 is 15.0 Å². The summed E-state index contributed by atoms with van der Waals surface area (Å²) < 4.78 is 0. The molecule has 0 bridgehead atoms. The second-order valence-electron chi connectivity index (χ2n) is 28.6. The molecule has 0 heterocycles. The summed E-state index contributed by atoms with van der Waals surface area (Å²) in [6, 6.07) is 0. The summed E-state index contributed by atoms with van der Waals surface area (Å²) in [6.07, 6.45) is 96.0. The molecule has 0 amide bonds. The molecule has 2 aliphatic rings. The van der Waals surface area contributed by atoms with Gasteiger partial charge in [-0.1, -0.05) is 431 Å². The van der Waals surface area contributed by atoms with Crippen molar-refractivity contribution in [3.05, 3.63) is 0 Å². The molecule has 0 saturated heterocycles. The third-order valence-corrected chi connectivity index (χ3v) is 20.7. The number of aliphatic hydroxyl groups is 1. The Hall–Kier alpha value is -0.570. The van der Waals surface area contributed by atoms with E-state index in [2.05, 4.69) is 13.8 Å². The molecule has 2 N–H and O–H groups in total. The van der Waals surface area contributed by atoms with Crippen LogP contribution in [0.5, 0.6) is 0 Å². The van der Waals surface area contributed by atoms with Gasteiger partial charge in [-0.25, -0.2) is 0 Å². The zero-order chi connectivity index (χ0) is 57.8. The molecule has 0 aromatic heterocycles. The first-order chi connectivity index (χ1) is 40.1. The van der Waals surface area contributed by atoms with Crippen LogP contribution in [-0.4, -0.2) is 22.3 Å². The minimum absolute atomic E-state index is 0.581. The minimum atomic E-state index is -0.796. The van der Waals surface area contributed by atoms with Crippen LogP contribution in [0.3, 0.4) is 0 Å². The summed E-state index contributed by atoms with van der Waals surface area (Å²) >= 11 is 0. The Bertz CT molecular complexity index is 1230. The quantitative estimate of drug-likeness (QED) is 0.0597. The summed E-state index contributed by atoms with van der Waals surface area (Å²) in [6.45, 7) is 4.61. The lowest BCUT2D eigenvalue weighted by molar-refractivity contribution is -0.146. The Balaban J connectivity index is 1.19. The molecule has 0 radical (unpaired) electrons. The zero-order valence-corrected chi connectivity index (χ0v) is 56.1. The van der Waals surface area contributed by atoms with Crippen molar-refractivity contribution in [1.82, 2.24) is 0 Å². The van der Waals surface area contributed by atoms with Gasteiger partial charge in [0.2, 0.25) is 0 Å². The fourth-order valence-electron chi connectivity index (χ4n) is 14.6. The molecule has 6 atom stereocenters. The molecule has 3 heteroatoms. The van der Waals surface area contributed by atoms with Crippen LogP contribution in [-0.2, 0) is 4.79 Å². The van der Waals surface area contributed by atoms with Crippen LogP contribution in [0.15, 0.2) is 0 Å². The van der Waals surface area contributed by atoms with E-state index in [1.54, 1.807) is 25.7 Å². The smallest absolute Gasteiger partial charge is 0.309 e. The van der Waals surface area contributed by atoms with Crippen LogP contribution in [0.2, 0.25) is 0 Å². The van der Waals surface area contributed by atoms with Crippen molar-refractivity contribution in [2.24, 2.45) is 29.6 Å². The van der Waals surface area contributed by atoms with E-state index < -0.39 is 18.0 Å². The topological polar surface area (TPSA) is 57.5 Å². The summed E-state index contributed by atoms with van der Waals surface area (Å²) in [5.74, 6) is 3.05. The van der Waals surface area contributed by atoms with Crippen LogP contribution in [0.25, 0.3) is 0 Å². The molecular weight excluding hydrogens is 985 g/mol. The molecule has 81 heavy (non-hydrogen) atoms. The van der Waals surface area contributed by atoms with E-state index in [-0.39, 0.29) is 0 Å². The van der Waals surface area contributed by atoms with Gasteiger partial charge < -0.3 is 10.2 Å². The minimum Gasteiger partial charge on any atom is -0.481 e. The lowest BCUT2D eigenvalue weighted by Gasteiger charge is -2.19. The standard InChI is InChI=1S/C78H152O3/c1-3-5-7-9-11-13-15-17-19-21-22-23-24-25-26-30-34-38-42-50-56-62-68-76(78(80)81)77(79)69-63-57-51-43-39-35-31-27-29-33-37-41-47-53-59-65-73-71-75(73)67-61-55-49-45-44-48-54-60-66-74-70-72(74)64-58-52-46-40-36-32-28-20-18-16-14-12-10-8-6-4-2/h72-77,79H,3-71H2,1-2H3,(H,80,81). The predicted molar refractivity (Wildman–Crippen MR) is 361 cm³/mol. The average molecular weight is 1140 g/mol. The zero-order valence-electron chi connectivity index (χ0n) is 56.1. The summed E-state index contributed by atoms with van der Waals surface area (Å²) in [7, 11) is 0. The fourth-order valence-corrected chi connectivity index (χ4v) is 14.6. The van der Waals surface area contributed by atoms with Crippen LogP contribution >= 0.6 is 0 Å². The van der Waals surface area contributed by atoms with Gasteiger partial charge in [0.1, 0.15) is 0 Å². The molecule has 2 saturated carbocycles. The van der Waals surface area contributed by atoms with Crippen molar-refractivity contribution in [1.29, 1.82) is 0 Å². The van der Waals surface area contributed by atoms with Gasteiger partial charge in [0.25, 0.3) is 0 Å². The molecule has 0 aromatic rings. The monoisotopic (exact) mass is 1140 g/mol. The summed E-state index contributed by atoms with van der Waals surface area (Å²) in [4.78, 5) is 12.0. The number of unbranched alkanes of at least 4 members (excludes halogenated alkanes) is 57. The number of rotatable bonds is 71. The van der Waals surface area contributed by atoms with Crippen LogP contribution < -0.4 is 0 Å². The SMILES string of the molecule is CCCCCCCCCCCCCCCCCCCCCCCCC(C(=O)O)C(O)CCCCCCCCCCCCCCCCCC1CC1CCCCCCCCCCC1CC1CCCCCCCCCCCCCCCCCC. The first-order valence-electron chi connectivity index (χ1n) is 39.0. The van der Waals surface area contributed by atoms with E-state index >= 15 is 0 Å². The van der Waals surface area contributed by atoms with Gasteiger partial charge in [-0.05, 0) is 49.4 Å². The van der Waals surface area contributed by atoms with Crippen LogP contribution in [0.1, 0.15) is 457 Å². The lowest BCUT2D eigenvalue weighted by atomic mass is 9.91. The molecule has 2 rings (SSSR count). The highest BCUT2D eigenvalue weighted by molar-refractivity contribution is 5.70. The van der Waals surface area contributed by atoms with Gasteiger partial charge in [-0.2, -0.15) is 0 Å². The van der Waals surface area contributed by atoms with E-state index in [0.717, 1.165) is 49.4 Å². The van der Waals surface area contributed by atoms with Crippen molar-refractivity contribution in [2.75, 3.05) is 0 Å². The van der Waals surface area contributed by atoms with E-state index in [9.17, 15) is 15.0 Å². The Labute approximate surface area is 511 Å². The van der Waals surface area contributed by atoms with Gasteiger partial charge >= 0.3 is 5.97 Å². The fraction of sp³-hybridized carbons (Fsp3) is 0.987. The lowest BCUT2D eigenvalue weighted by Crippen LogP contribution is -2.28. The third-order valence-electron chi connectivity index (χ3n) is 20.7. The van der Waals surface area contributed by atoms with Gasteiger partial charge in [-0.3, -0.25) is 4.79 Å². The highest BCUT2D eigenvalue weighted by atomic mass is 16.4.